The lowest BCUT2D eigenvalue weighted by molar-refractivity contribution is -0.139. The van der Waals surface area contributed by atoms with Crippen molar-refractivity contribution in [3.8, 4) is 0 Å². The lowest BCUT2D eigenvalue weighted by Gasteiger charge is -2.11. The number of carboxylic acid groups (broad SMARTS) is 1. The molecule has 0 saturated heterocycles. The number of carbonyl (C=O) groups is 1. The van der Waals surface area contributed by atoms with Crippen LogP contribution in [0.5, 0.6) is 0 Å². The number of benzene rings is 1. The summed E-state index contributed by atoms with van der Waals surface area (Å²) in [6.07, 6.45) is 2.37. The quantitative estimate of drug-likeness (QED) is 0.442. The molecule has 0 bridgehead atoms. The molecule has 0 fully saturated rings. The summed E-state index contributed by atoms with van der Waals surface area (Å²) in [5.74, 6) is -0.813. The molecule has 1 heterocycles. The van der Waals surface area contributed by atoms with Gasteiger partial charge in [0.2, 0.25) is 0 Å². The first-order valence-electron chi connectivity index (χ1n) is 5.29. The van der Waals surface area contributed by atoms with E-state index in [0.29, 0.717) is 11.0 Å². The lowest BCUT2D eigenvalue weighted by Crippen LogP contribution is -2.37. The van der Waals surface area contributed by atoms with Gasteiger partial charge in [0.25, 0.3) is 0 Å². The highest BCUT2D eigenvalue weighted by atomic mass is 127. The van der Waals surface area contributed by atoms with Crippen LogP contribution in [0, 0.1) is 0 Å². The van der Waals surface area contributed by atoms with Crippen LogP contribution in [-0.2, 0) is 11.2 Å². The minimum Gasteiger partial charge on any atom is -0.480 e. The zero-order valence-corrected chi connectivity index (χ0v) is 11.3. The standard InChI is InChI=1S/C12H13IN2O2/c13-7-15-11(12(16)17)5-8-6-14-10-4-2-1-3-9(8)10/h1-4,6,11,14-15H,5,7H2,(H,16,17). The number of H-pyrrole nitrogens is 1. The Hall–Kier alpha value is -1.08. The van der Waals surface area contributed by atoms with Crippen molar-refractivity contribution in [1.29, 1.82) is 0 Å². The number of alkyl halides is 1. The van der Waals surface area contributed by atoms with E-state index in [-0.39, 0.29) is 0 Å². The second-order valence-electron chi connectivity index (χ2n) is 3.79. The molecule has 0 amide bonds. The third-order valence-electron chi connectivity index (χ3n) is 2.72. The average Bonchev–Trinajstić information content (AvgIpc) is 2.72. The van der Waals surface area contributed by atoms with Gasteiger partial charge in [-0.3, -0.25) is 10.1 Å². The zero-order valence-electron chi connectivity index (χ0n) is 9.11. The van der Waals surface area contributed by atoms with E-state index in [9.17, 15) is 4.79 Å². The van der Waals surface area contributed by atoms with Gasteiger partial charge in [-0.15, -0.1) is 0 Å². The van der Waals surface area contributed by atoms with Crippen LogP contribution in [0.3, 0.4) is 0 Å². The van der Waals surface area contributed by atoms with Crippen molar-refractivity contribution in [1.82, 2.24) is 10.3 Å². The van der Waals surface area contributed by atoms with E-state index >= 15 is 0 Å². The second kappa shape index (κ2) is 5.50. The molecule has 1 atom stereocenters. The highest BCUT2D eigenvalue weighted by Crippen LogP contribution is 2.19. The minimum absolute atomic E-state index is 0.488. The number of aromatic amines is 1. The third-order valence-corrected chi connectivity index (χ3v) is 3.16. The van der Waals surface area contributed by atoms with Gasteiger partial charge < -0.3 is 10.1 Å². The van der Waals surface area contributed by atoms with E-state index in [1.165, 1.54) is 0 Å². The Morgan fingerprint density at radius 1 is 1.47 bits per heavy atom. The van der Waals surface area contributed by atoms with Gasteiger partial charge in [0.15, 0.2) is 0 Å². The normalized spacial score (nSPS) is 12.8. The van der Waals surface area contributed by atoms with Crippen LogP contribution in [0.15, 0.2) is 30.5 Å². The number of para-hydroxylation sites is 1. The molecule has 0 aliphatic carbocycles. The van der Waals surface area contributed by atoms with Crippen LogP contribution in [0.1, 0.15) is 5.56 Å². The number of aliphatic carboxylic acids is 1. The van der Waals surface area contributed by atoms with Crippen molar-refractivity contribution >= 4 is 39.5 Å². The number of nitrogens with one attached hydrogen (secondary N) is 2. The summed E-state index contributed by atoms with van der Waals surface area (Å²) in [5, 5.41) is 13.1. The molecule has 1 aromatic heterocycles. The first kappa shape index (κ1) is 12.4. The van der Waals surface area contributed by atoms with Gasteiger partial charge in [-0.2, -0.15) is 0 Å². The van der Waals surface area contributed by atoms with Gasteiger partial charge in [-0.05, 0) is 11.6 Å². The van der Waals surface area contributed by atoms with Crippen LogP contribution in [0.25, 0.3) is 10.9 Å². The van der Waals surface area contributed by atoms with E-state index in [1.807, 2.05) is 30.5 Å². The summed E-state index contributed by atoms with van der Waals surface area (Å²) in [6.45, 7) is 0. The van der Waals surface area contributed by atoms with Crippen molar-refractivity contribution in [2.75, 3.05) is 4.55 Å². The Morgan fingerprint density at radius 2 is 2.24 bits per heavy atom. The molecule has 2 aromatic rings. The molecule has 1 unspecified atom stereocenters. The SMILES string of the molecule is O=C(O)C(Cc1c[nH]c2ccccc12)NCI. The predicted molar refractivity (Wildman–Crippen MR) is 75.4 cm³/mol. The molecule has 90 valence electrons. The summed E-state index contributed by atoms with van der Waals surface area (Å²) >= 11 is 2.11. The van der Waals surface area contributed by atoms with Crippen molar-refractivity contribution < 1.29 is 9.90 Å². The molecule has 0 spiro atoms. The maximum Gasteiger partial charge on any atom is 0.321 e. The van der Waals surface area contributed by atoms with Crippen molar-refractivity contribution in [2.24, 2.45) is 0 Å². The summed E-state index contributed by atoms with van der Waals surface area (Å²) < 4.78 is 0.622. The van der Waals surface area contributed by atoms with E-state index in [1.54, 1.807) is 0 Å². The highest BCUT2D eigenvalue weighted by Gasteiger charge is 2.18. The van der Waals surface area contributed by atoms with E-state index < -0.39 is 12.0 Å². The minimum atomic E-state index is -0.813. The maximum atomic E-state index is 11.1. The zero-order chi connectivity index (χ0) is 12.3. The van der Waals surface area contributed by atoms with Crippen LogP contribution in [-0.4, -0.2) is 26.7 Å². The summed E-state index contributed by atoms with van der Waals surface area (Å²) in [5.41, 5.74) is 2.08. The van der Waals surface area contributed by atoms with Crippen LogP contribution >= 0.6 is 22.6 Å². The molecular weight excluding hydrogens is 331 g/mol. The number of halogens is 1. The van der Waals surface area contributed by atoms with Crippen LogP contribution in [0.2, 0.25) is 0 Å². The van der Waals surface area contributed by atoms with E-state index in [4.69, 9.17) is 5.11 Å². The number of rotatable bonds is 5. The number of carboxylic acids is 1. The topological polar surface area (TPSA) is 65.1 Å². The van der Waals surface area contributed by atoms with Crippen molar-refractivity contribution in [2.45, 2.75) is 12.5 Å². The van der Waals surface area contributed by atoms with Gasteiger partial charge >= 0.3 is 5.97 Å². The van der Waals surface area contributed by atoms with Gasteiger partial charge in [0, 0.05) is 28.1 Å². The van der Waals surface area contributed by atoms with Crippen LogP contribution in [0.4, 0.5) is 0 Å². The molecule has 0 aliphatic rings. The Bertz CT molecular complexity index is 524. The molecule has 0 radical (unpaired) electrons. The average molecular weight is 344 g/mol. The lowest BCUT2D eigenvalue weighted by atomic mass is 10.1. The Kier molecular flexibility index (Phi) is 4.01. The highest BCUT2D eigenvalue weighted by molar-refractivity contribution is 14.1. The Morgan fingerprint density at radius 3 is 2.94 bits per heavy atom. The molecule has 17 heavy (non-hydrogen) atoms. The second-order valence-corrected chi connectivity index (χ2v) is 4.55. The number of aromatic nitrogens is 1. The number of hydrogen-bond donors (Lipinski definition) is 3. The smallest absolute Gasteiger partial charge is 0.321 e. The first-order valence-corrected chi connectivity index (χ1v) is 6.82. The third kappa shape index (κ3) is 2.78. The molecule has 2 rings (SSSR count). The Labute approximate surface area is 113 Å². The van der Waals surface area contributed by atoms with Crippen LogP contribution < -0.4 is 5.32 Å². The molecule has 5 heteroatoms. The summed E-state index contributed by atoms with van der Waals surface area (Å²) in [4.78, 5) is 14.2. The van der Waals surface area contributed by atoms with Gasteiger partial charge in [-0.25, -0.2) is 0 Å². The molecule has 4 nitrogen and oxygen atoms in total. The summed E-state index contributed by atoms with van der Waals surface area (Å²) in [6, 6.07) is 7.37. The number of fused-ring (bicyclic) bond motifs is 1. The van der Waals surface area contributed by atoms with Crippen molar-refractivity contribution in [3.05, 3.63) is 36.0 Å². The fraction of sp³-hybridized carbons (Fsp3) is 0.250. The van der Waals surface area contributed by atoms with E-state index in [2.05, 4.69) is 32.9 Å². The van der Waals surface area contributed by atoms with Gasteiger partial charge in [0.05, 0.1) is 0 Å². The monoisotopic (exact) mass is 344 g/mol. The number of hydrogen-bond acceptors (Lipinski definition) is 2. The van der Waals surface area contributed by atoms with Gasteiger partial charge in [0.1, 0.15) is 6.04 Å². The maximum absolute atomic E-state index is 11.1. The molecule has 3 N–H and O–H groups in total. The molecule has 1 aromatic carbocycles. The van der Waals surface area contributed by atoms with Crippen molar-refractivity contribution in [3.63, 3.8) is 0 Å². The van der Waals surface area contributed by atoms with Gasteiger partial charge in [-0.1, -0.05) is 40.8 Å². The molecular formula is C12H13IN2O2. The fourth-order valence-electron chi connectivity index (χ4n) is 1.86. The first-order chi connectivity index (χ1) is 8.22. The largest absolute Gasteiger partial charge is 0.480 e. The molecule has 0 aliphatic heterocycles. The molecule has 0 saturated carbocycles. The fourth-order valence-corrected chi connectivity index (χ4v) is 2.39. The Balaban J connectivity index is 2.25. The van der Waals surface area contributed by atoms with E-state index in [0.717, 1.165) is 16.5 Å². The predicted octanol–water partition coefficient (Wildman–Crippen LogP) is 2.15. The summed E-state index contributed by atoms with van der Waals surface area (Å²) in [7, 11) is 0.